The topological polar surface area (TPSA) is 28.1 Å². The Morgan fingerprint density at radius 3 is 2.50 bits per heavy atom. The van der Waals surface area contributed by atoms with Gasteiger partial charge in [0.15, 0.2) is 8.32 Å². The van der Waals surface area contributed by atoms with Gasteiger partial charge in [-0.2, -0.15) is 0 Å². The zero-order chi connectivity index (χ0) is 14.8. The first-order chi connectivity index (χ1) is 9.44. The molecule has 0 radical (unpaired) electrons. The number of fused-ring (bicyclic) bond motifs is 1. The summed E-state index contributed by atoms with van der Waals surface area (Å²) in [5, 5.41) is 0. The Labute approximate surface area is 126 Å². The van der Waals surface area contributed by atoms with Gasteiger partial charge in [-0.25, -0.2) is 4.99 Å². The number of hydrogen-bond donors (Lipinski definition) is 0. The van der Waals surface area contributed by atoms with Crippen molar-refractivity contribution in [1.82, 2.24) is 9.57 Å². The average molecular weight is 315 g/mol. The summed E-state index contributed by atoms with van der Waals surface area (Å²) in [6, 6.07) is 0. The van der Waals surface area contributed by atoms with Gasteiger partial charge in [0.2, 0.25) is 5.96 Å². The molecule has 2 aliphatic heterocycles. The van der Waals surface area contributed by atoms with Crippen molar-refractivity contribution in [3.8, 4) is 0 Å². The highest BCUT2D eigenvalue weighted by Gasteiger charge is 2.33. The molecule has 0 saturated carbocycles. The highest BCUT2D eigenvalue weighted by molar-refractivity contribution is 7.55. The Balaban J connectivity index is 2.15. The number of aliphatic imine (C=N–C) groups is 1. The highest BCUT2D eigenvalue weighted by atomic mass is 31.1. The van der Waals surface area contributed by atoms with Crippen LogP contribution in [0.4, 0.5) is 0 Å². The van der Waals surface area contributed by atoms with Crippen molar-refractivity contribution in [3.05, 3.63) is 0 Å². The zero-order valence-corrected chi connectivity index (χ0v) is 15.6. The second-order valence-corrected chi connectivity index (χ2v) is 13.7. The fourth-order valence-electron chi connectivity index (χ4n) is 2.92. The molecule has 2 aliphatic rings. The number of hydrogen-bond acceptors (Lipinski definition) is 4. The normalized spacial score (nSPS) is 23.9. The molecular formula is C14H30N3OPSi. The molecule has 0 unspecified atom stereocenters. The van der Waals surface area contributed by atoms with E-state index in [1.54, 1.807) is 0 Å². The van der Waals surface area contributed by atoms with Crippen LogP contribution in [0.3, 0.4) is 0 Å². The van der Waals surface area contributed by atoms with Crippen LogP contribution in [0.2, 0.25) is 19.6 Å². The van der Waals surface area contributed by atoms with E-state index in [9.17, 15) is 0 Å². The van der Waals surface area contributed by atoms with E-state index in [2.05, 4.69) is 43.1 Å². The van der Waals surface area contributed by atoms with Gasteiger partial charge in [-0.05, 0) is 46.5 Å². The van der Waals surface area contributed by atoms with Crippen LogP contribution in [0.25, 0.3) is 0 Å². The van der Waals surface area contributed by atoms with Gasteiger partial charge in [0.05, 0.1) is 0 Å². The van der Waals surface area contributed by atoms with E-state index in [0.29, 0.717) is 0 Å². The second-order valence-electron chi connectivity index (χ2n) is 6.51. The Bertz CT molecular complexity index is 355. The third-order valence-corrected chi connectivity index (χ3v) is 7.28. The highest BCUT2D eigenvalue weighted by Crippen LogP contribution is 2.42. The quantitative estimate of drug-likeness (QED) is 0.575. The summed E-state index contributed by atoms with van der Waals surface area (Å²) < 4.78 is 8.82. The zero-order valence-electron chi connectivity index (χ0n) is 13.7. The summed E-state index contributed by atoms with van der Waals surface area (Å²) in [5.41, 5.74) is 0. The summed E-state index contributed by atoms with van der Waals surface area (Å²) in [4.78, 5) is 7.46. The van der Waals surface area contributed by atoms with E-state index in [0.717, 1.165) is 13.0 Å². The molecule has 1 saturated heterocycles. The fourth-order valence-corrected chi connectivity index (χ4v) is 5.89. The van der Waals surface area contributed by atoms with Gasteiger partial charge in [0.1, 0.15) is 6.23 Å². The van der Waals surface area contributed by atoms with Crippen LogP contribution < -0.4 is 0 Å². The smallest absolute Gasteiger partial charge is 0.202 e. The van der Waals surface area contributed by atoms with Gasteiger partial charge in [-0.1, -0.05) is 13.8 Å². The summed E-state index contributed by atoms with van der Waals surface area (Å²) in [6.45, 7) is 14.9. The molecule has 0 aromatic rings. The fraction of sp³-hybridized carbons (Fsp3) is 0.929. The molecule has 20 heavy (non-hydrogen) atoms. The summed E-state index contributed by atoms with van der Waals surface area (Å²) in [5.74, 6) is 1.24. The van der Waals surface area contributed by atoms with Crippen LogP contribution in [0.15, 0.2) is 4.99 Å². The lowest BCUT2D eigenvalue weighted by Gasteiger charge is -2.46. The number of guanidine groups is 1. The Kier molecular flexibility index (Phi) is 5.49. The van der Waals surface area contributed by atoms with Crippen LogP contribution in [0.1, 0.15) is 26.7 Å². The maximum atomic E-state index is 6.23. The molecule has 1 atom stereocenters. The van der Waals surface area contributed by atoms with E-state index in [1.807, 2.05) is 0 Å². The maximum absolute atomic E-state index is 6.23. The monoisotopic (exact) mass is 315 g/mol. The van der Waals surface area contributed by atoms with E-state index in [4.69, 9.17) is 9.42 Å². The standard InChI is InChI=1S/C14H30N3OPSi/c1-6-19(7-2)17-11-8-10-16-12-9-13(15-14(16)17)18-20(3,4)5/h13H,6-12H2,1-5H3/t13-/m0/s1. The first-order valence-electron chi connectivity index (χ1n) is 7.97. The van der Waals surface area contributed by atoms with E-state index in [1.165, 1.54) is 37.8 Å². The van der Waals surface area contributed by atoms with E-state index < -0.39 is 8.32 Å². The molecular weight excluding hydrogens is 285 g/mol. The molecule has 0 amide bonds. The van der Waals surface area contributed by atoms with Crippen LogP contribution >= 0.6 is 8.07 Å². The molecule has 0 aromatic carbocycles. The molecule has 2 heterocycles. The molecule has 4 nitrogen and oxygen atoms in total. The summed E-state index contributed by atoms with van der Waals surface area (Å²) in [6.07, 6.45) is 4.95. The van der Waals surface area contributed by atoms with Gasteiger partial charge >= 0.3 is 0 Å². The molecule has 0 aliphatic carbocycles. The Hall–Kier alpha value is -0.123. The molecule has 0 spiro atoms. The average Bonchev–Trinajstić information content (AvgIpc) is 2.38. The van der Waals surface area contributed by atoms with Gasteiger partial charge in [-0.3, -0.25) is 0 Å². The lowest BCUT2D eigenvalue weighted by Crippen LogP contribution is -2.52. The van der Waals surface area contributed by atoms with Crippen molar-refractivity contribution in [1.29, 1.82) is 0 Å². The Morgan fingerprint density at radius 1 is 1.20 bits per heavy atom. The van der Waals surface area contributed by atoms with Crippen LogP contribution in [-0.2, 0) is 4.43 Å². The van der Waals surface area contributed by atoms with Gasteiger partial charge in [0.25, 0.3) is 0 Å². The lowest BCUT2D eigenvalue weighted by molar-refractivity contribution is 0.152. The predicted molar refractivity (Wildman–Crippen MR) is 91.2 cm³/mol. The SMILES string of the molecule is CCP(CC)N1CCCN2CC[C@H](O[Si](C)(C)C)N=C21. The van der Waals surface area contributed by atoms with Gasteiger partial charge < -0.3 is 14.0 Å². The predicted octanol–water partition coefficient (Wildman–Crippen LogP) is 3.37. The van der Waals surface area contributed by atoms with Crippen molar-refractivity contribution in [2.75, 3.05) is 32.0 Å². The van der Waals surface area contributed by atoms with Gasteiger partial charge in [0, 0.05) is 26.1 Å². The van der Waals surface area contributed by atoms with Crippen LogP contribution in [0, 0.1) is 0 Å². The van der Waals surface area contributed by atoms with Crippen molar-refractivity contribution < 1.29 is 4.43 Å². The molecule has 2 rings (SSSR count). The minimum Gasteiger partial charge on any atom is -0.396 e. The van der Waals surface area contributed by atoms with Crippen molar-refractivity contribution in [2.24, 2.45) is 4.99 Å². The van der Waals surface area contributed by atoms with Gasteiger partial charge in [-0.15, -0.1) is 0 Å². The Morgan fingerprint density at radius 2 is 1.90 bits per heavy atom. The van der Waals surface area contributed by atoms with Crippen LogP contribution in [-0.4, -0.2) is 62.0 Å². The first kappa shape index (κ1) is 16.3. The van der Waals surface area contributed by atoms with Crippen molar-refractivity contribution in [3.63, 3.8) is 0 Å². The molecule has 6 heteroatoms. The maximum Gasteiger partial charge on any atom is 0.202 e. The molecule has 116 valence electrons. The lowest BCUT2D eigenvalue weighted by atomic mass is 10.2. The number of nitrogens with zero attached hydrogens (tertiary/aromatic N) is 3. The van der Waals surface area contributed by atoms with E-state index >= 15 is 0 Å². The minimum absolute atomic E-state index is 0.0535. The second kappa shape index (κ2) is 6.76. The third-order valence-electron chi connectivity index (χ3n) is 3.78. The van der Waals surface area contributed by atoms with Crippen molar-refractivity contribution in [2.45, 2.75) is 52.6 Å². The molecule has 0 N–H and O–H groups in total. The molecule has 1 fully saturated rings. The third kappa shape index (κ3) is 3.96. The first-order valence-corrected chi connectivity index (χ1v) is 13.0. The summed E-state index contributed by atoms with van der Waals surface area (Å²) in [7, 11) is -1.56. The number of rotatable bonds is 5. The van der Waals surface area contributed by atoms with Crippen molar-refractivity contribution >= 4 is 22.3 Å². The minimum atomic E-state index is -1.51. The molecule has 0 aromatic heterocycles. The largest absolute Gasteiger partial charge is 0.396 e. The van der Waals surface area contributed by atoms with E-state index in [-0.39, 0.29) is 14.3 Å². The summed E-state index contributed by atoms with van der Waals surface area (Å²) >= 11 is 0. The van der Waals surface area contributed by atoms with Crippen LogP contribution in [0.5, 0.6) is 0 Å². The molecule has 0 bridgehead atoms.